The highest BCUT2D eigenvalue weighted by molar-refractivity contribution is 7.80. The first-order valence-corrected chi connectivity index (χ1v) is 6.82. The van der Waals surface area contributed by atoms with Crippen LogP contribution in [-0.2, 0) is 0 Å². The minimum atomic E-state index is 0.379. The molecule has 0 saturated carbocycles. The lowest BCUT2D eigenvalue weighted by molar-refractivity contribution is 0.494. The van der Waals surface area contributed by atoms with E-state index in [0.717, 1.165) is 29.1 Å². The predicted molar refractivity (Wildman–Crippen MR) is 82.1 cm³/mol. The van der Waals surface area contributed by atoms with Crippen LogP contribution in [0.15, 0.2) is 6.07 Å². The van der Waals surface area contributed by atoms with Gasteiger partial charge in [0.1, 0.15) is 4.99 Å². The number of nitrogens with two attached hydrogens (primary N) is 1. The van der Waals surface area contributed by atoms with E-state index in [2.05, 4.69) is 31.1 Å². The van der Waals surface area contributed by atoms with Gasteiger partial charge in [-0.1, -0.05) is 32.5 Å². The molecule has 0 aromatic carbocycles. The molecular weight excluding hydrogens is 242 g/mol. The summed E-state index contributed by atoms with van der Waals surface area (Å²) in [6, 6.07) is 2.39. The summed E-state index contributed by atoms with van der Waals surface area (Å²) >= 11 is 5.13. The number of hydrogen-bond donors (Lipinski definition) is 2. The Kier molecular flexibility index (Phi) is 5.08. The van der Waals surface area contributed by atoms with Crippen molar-refractivity contribution in [3.05, 3.63) is 23.0 Å². The van der Waals surface area contributed by atoms with Gasteiger partial charge in [-0.2, -0.15) is 0 Å². The van der Waals surface area contributed by atoms with Crippen LogP contribution in [0.3, 0.4) is 0 Å². The van der Waals surface area contributed by atoms with Gasteiger partial charge in [-0.15, -0.1) is 0 Å². The first kappa shape index (κ1) is 14.9. The summed E-state index contributed by atoms with van der Waals surface area (Å²) in [5, 5.41) is 3.52. The second kappa shape index (κ2) is 6.14. The molecule has 0 aliphatic carbocycles. The van der Waals surface area contributed by atoms with E-state index in [-0.39, 0.29) is 0 Å². The number of aromatic nitrogens is 1. The molecule has 0 aliphatic heterocycles. The van der Waals surface area contributed by atoms with Gasteiger partial charge in [0, 0.05) is 23.1 Å². The van der Waals surface area contributed by atoms with Crippen molar-refractivity contribution >= 4 is 22.9 Å². The van der Waals surface area contributed by atoms with Gasteiger partial charge in [0.25, 0.3) is 0 Å². The van der Waals surface area contributed by atoms with E-state index in [4.69, 9.17) is 18.0 Å². The fourth-order valence-corrected chi connectivity index (χ4v) is 2.25. The molecule has 0 bridgehead atoms. The molecule has 18 heavy (non-hydrogen) atoms. The van der Waals surface area contributed by atoms with Crippen LogP contribution < -0.4 is 11.1 Å². The van der Waals surface area contributed by atoms with Crippen LogP contribution in [0, 0.1) is 19.8 Å². The maximum Gasteiger partial charge on any atom is 0.107 e. The van der Waals surface area contributed by atoms with Crippen molar-refractivity contribution in [3.8, 4) is 0 Å². The molecule has 1 aromatic heterocycles. The van der Waals surface area contributed by atoms with E-state index in [1.807, 2.05) is 19.9 Å². The van der Waals surface area contributed by atoms with E-state index in [1.54, 1.807) is 0 Å². The molecule has 0 aliphatic rings. The van der Waals surface area contributed by atoms with Crippen LogP contribution in [0.25, 0.3) is 0 Å². The van der Waals surface area contributed by atoms with Gasteiger partial charge < -0.3 is 11.1 Å². The largest absolute Gasteiger partial charge is 0.389 e. The number of rotatable bonds is 5. The Bertz CT molecular complexity index is 443. The first-order chi connectivity index (χ1) is 8.36. The van der Waals surface area contributed by atoms with Gasteiger partial charge in [-0.25, -0.2) is 0 Å². The van der Waals surface area contributed by atoms with Crippen LogP contribution in [0.1, 0.15) is 44.1 Å². The molecule has 100 valence electrons. The summed E-state index contributed by atoms with van der Waals surface area (Å²) in [6.45, 7) is 10.5. The topological polar surface area (TPSA) is 50.9 Å². The molecule has 2 unspecified atom stereocenters. The third kappa shape index (κ3) is 3.42. The highest BCUT2D eigenvalue weighted by Crippen LogP contribution is 2.22. The average Bonchev–Trinajstić information content (AvgIpc) is 2.26. The lowest BCUT2D eigenvalue weighted by Gasteiger charge is -2.23. The average molecular weight is 265 g/mol. The third-order valence-electron chi connectivity index (χ3n) is 3.46. The normalized spacial score (nSPS) is 14.1. The fraction of sp³-hybridized carbons (Fsp3) is 0.571. The maximum absolute atomic E-state index is 5.80. The number of hydrogen-bond acceptors (Lipinski definition) is 3. The molecule has 0 radical (unpaired) electrons. The van der Waals surface area contributed by atoms with Crippen LogP contribution in [0.2, 0.25) is 0 Å². The lowest BCUT2D eigenvalue weighted by atomic mass is 10.00. The van der Waals surface area contributed by atoms with Crippen LogP contribution >= 0.6 is 12.2 Å². The standard InChI is InChI=1S/C14H23N3S/c1-6-8(2)10(4)17-12-7-9(3)16-11(5)13(12)14(15)18/h7-8,10H,6H2,1-5H3,(H2,15,18)(H,16,17). The quantitative estimate of drug-likeness (QED) is 0.803. The SMILES string of the molecule is CCC(C)C(C)Nc1cc(C)nc(C)c1C(N)=S. The monoisotopic (exact) mass is 265 g/mol. The van der Waals surface area contributed by atoms with E-state index < -0.39 is 0 Å². The molecule has 4 heteroatoms. The van der Waals surface area contributed by atoms with Crippen molar-refractivity contribution < 1.29 is 0 Å². The van der Waals surface area contributed by atoms with Crippen molar-refractivity contribution in [2.24, 2.45) is 11.7 Å². The minimum absolute atomic E-state index is 0.379. The van der Waals surface area contributed by atoms with Crippen LogP contribution in [-0.4, -0.2) is 16.0 Å². The van der Waals surface area contributed by atoms with Crippen LogP contribution in [0.5, 0.6) is 0 Å². The zero-order valence-electron chi connectivity index (χ0n) is 11.9. The molecular formula is C14H23N3S. The molecule has 0 spiro atoms. The van der Waals surface area contributed by atoms with E-state index in [0.29, 0.717) is 16.9 Å². The number of pyridine rings is 1. The van der Waals surface area contributed by atoms with Crippen molar-refractivity contribution in [1.29, 1.82) is 0 Å². The summed E-state index contributed by atoms with van der Waals surface area (Å²) < 4.78 is 0. The van der Waals surface area contributed by atoms with Gasteiger partial charge in [0.15, 0.2) is 0 Å². The molecule has 0 saturated heterocycles. The van der Waals surface area contributed by atoms with E-state index in [9.17, 15) is 0 Å². The Balaban J connectivity index is 3.11. The second-order valence-electron chi connectivity index (χ2n) is 4.95. The summed E-state index contributed by atoms with van der Waals surface area (Å²) in [4.78, 5) is 4.82. The maximum atomic E-state index is 5.80. The highest BCUT2D eigenvalue weighted by Gasteiger charge is 2.15. The molecule has 1 heterocycles. The molecule has 0 amide bonds. The van der Waals surface area contributed by atoms with Crippen molar-refractivity contribution in [3.63, 3.8) is 0 Å². The second-order valence-corrected chi connectivity index (χ2v) is 5.39. The Morgan fingerprint density at radius 1 is 1.44 bits per heavy atom. The van der Waals surface area contributed by atoms with Crippen molar-refractivity contribution in [2.75, 3.05) is 5.32 Å². The van der Waals surface area contributed by atoms with Gasteiger partial charge >= 0.3 is 0 Å². The summed E-state index contributed by atoms with van der Waals surface area (Å²) in [5.74, 6) is 0.595. The van der Waals surface area contributed by atoms with Crippen LogP contribution in [0.4, 0.5) is 5.69 Å². The van der Waals surface area contributed by atoms with Crippen molar-refractivity contribution in [1.82, 2.24) is 4.98 Å². The summed E-state index contributed by atoms with van der Waals surface area (Å²) in [7, 11) is 0. The highest BCUT2D eigenvalue weighted by atomic mass is 32.1. The Hall–Kier alpha value is -1.16. The molecule has 1 rings (SSSR count). The fourth-order valence-electron chi connectivity index (χ4n) is 1.99. The minimum Gasteiger partial charge on any atom is -0.389 e. The van der Waals surface area contributed by atoms with Gasteiger partial charge in [-0.3, -0.25) is 4.98 Å². The number of thiocarbonyl (C=S) groups is 1. The number of nitrogens with one attached hydrogen (secondary N) is 1. The van der Waals surface area contributed by atoms with E-state index in [1.165, 1.54) is 0 Å². The number of aryl methyl sites for hydroxylation is 2. The Morgan fingerprint density at radius 2 is 2.06 bits per heavy atom. The first-order valence-electron chi connectivity index (χ1n) is 6.41. The molecule has 1 aromatic rings. The van der Waals surface area contributed by atoms with Gasteiger partial charge in [0.2, 0.25) is 0 Å². The number of nitrogens with zero attached hydrogens (tertiary/aromatic N) is 1. The smallest absolute Gasteiger partial charge is 0.107 e. The number of anilines is 1. The third-order valence-corrected chi connectivity index (χ3v) is 3.66. The molecule has 3 N–H and O–H groups in total. The lowest BCUT2D eigenvalue weighted by Crippen LogP contribution is -2.26. The molecule has 2 atom stereocenters. The van der Waals surface area contributed by atoms with Gasteiger partial charge in [0.05, 0.1) is 5.56 Å². The van der Waals surface area contributed by atoms with E-state index >= 15 is 0 Å². The zero-order valence-corrected chi connectivity index (χ0v) is 12.7. The molecule has 3 nitrogen and oxygen atoms in total. The molecule has 0 fully saturated rings. The summed E-state index contributed by atoms with van der Waals surface area (Å²) in [6.07, 6.45) is 1.14. The predicted octanol–water partition coefficient (Wildman–Crippen LogP) is 3.18. The van der Waals surface area contributed by atoms with Gasteiger partial charge in [-0.05, 0) is 32.8 Å². The Labute approximate surface area is 115 Å². The van der Waals surface area contributed by atoms with Crippen molar-refractivity contribution in [2.45, 2.75) is 47.1 Å². The Morgan fingerprint density at radius 3 is 2.56 bits per heavy atom. The summed E-state index contributed by atoms with van der Waals surface area (Å²) in [5.41, 5.74) is 9.54. The zero-order chi connectivity index (χ0) is 13.9.